The van der Waals surface area contributed by atoms with Crippen molar-refractivity contribution in [3.8, 4) is 22.8 Å². The number of nitrogens with one attached hydrogen (secondary N) is 1. The Labute approximate surface area is 184 Å². The predicted molar refractivity (Wildman–Crippen MR) is 120 cm³/mol. The Morgan fingerprint density at radius 2 is 1.97 bits per heavy atom. The number of anilines is 2. The molecule has 0 bridgehead atoms. The molecule has 8 nitrogen and oxygen atoms in total. The van der Waals surface area contributed by atoms with Crippen LogP contribution in [0.1, 0.15) is 21.6 Å². The lowest BCUT2D eigenvalue weighted by molar-refractivity contribution is 0.0697. The first-order valence-electron chi connectivity index (χ1n) is 9.74. The molecule has 2 aromatic heterocycles. The van der Waals surface area contributed by atoms with Gasteiger partial charge in [-0.25, -0.2) is 9.48 Å². The van der Waals surface area contributed by atoms with E-state index in [4.69, 9.17) is 20.8 Å². The summed E-state index contributed by atoms with van der Waals surface area (Å²) in [5.74, 6) is 0.477. The van der Waals surface area contributed by atoms with Gasteiger partial charge in [0.25, 0.3) is 0 Å². The van der Waals surface area contributed by atoms with E-state index in [2.05, 4.69) is 10.2 Å². The molecule has 160 valence electrons. The number of nitrogens with zero attached hydrogens (tertiary/aromatic N) is 3. The molecule has 0 amide bonds. The fraction of sp³-hybridized carbons (Fsp3) is 0.125. The third-order valence-corrected chi connectivity index (χ3v) is 5.06. The zero-order chi connectivity index (χ0) is 22.8. The van der Waals surface area contributed by atoms with Crippen molar-refractivity contribution >= 4 is 23.4 Å². The Bertz CT molecular complexity index is 1360. The molecular weight excluding hydrogens is 408 g/mol. The first kappa shape index (κ1) is 20.8. The molecule has 0 saturated carbocycles. The topological polar surface area (TPSA) is 93.9 Å². The van der Waals surface area contributed by atoms with E-state index in [0.717, 1.165) is 11.3 Å². The number of aromatic carboxylic acids is 1. The minimum atomic E-state index is -1.10. The number of carbonyl (C=O) groups is 1. The van der Waals surface area contributed by atoms with Crippen LogP contribution in [0, 0.1) is 20.4 Å². The Hall–Kier alpha value is -4.51. The molecule has 0 saturated heterocycles. The lowest BCUT2D eigenvalue weighted by Crippen LogP contribution is -2.08. The van der Waals surface area contributed by atoms with E-state index in [1.807, 2.05) is 38.1 Å². The monoisotopic (exact) mass is 428 g/mol. The number of aromatic nitrogens is 2. The summed E-state index contributed by atoms with van der Waals surface area (Å²) in [4.78, 5) is 15.3. The van der Waals surface area contributed by atoms with Gasteiger partial charge in [-0.2, -0.15) is 9.94 Å². The molecule has 0 spiro atoms. The van der Waals surface area contributed by atoms with Gasteiger partial charge in [0, 0.05) is 0 Å². The van der Waals surface area contributed by atoms with Gasteiger partial charge in [-0.15, -0.1) is 0 Å². The molecule has 0 radical (unpaired) electrons. The molecule has 0 aliphatic heterocycles. The van der Waals surface area contributed by atoms with Crippen LogP contribution >= 0.6 is 0 Å². The molecular formula is C24H20N4O4. The van der Waals surface area contributed by atoms with Gasteiger partial charge in [0.1, 0.15) is 17.3 Å². The zero-order valence-electron chi connectivity index (χ0n) is 17.7. The molecule has 0 aliphatic rings. The Morgan fingerprint density at radius 3 is 2.62 bits per heavy atom. The SMILES string of the molecule is [C-]#[N+]c1ccc(-c2c(C)nn(-c3ccccc3C)c2Nc2ccc(OC)cc2C(=O)O)o1. The van der Waals surface area contributed by atoms with Gasteiger partial charge in [0.2, 0.25) is 0 Å². The fourth-order valence-electron chi connectivity index (χ4n) is 3.50. The number of aryl methyl sites for hydroxylation is 2. The Kier molecular flexibility index (Phi) is 5.39. The van der Waals surface area contributed by atoms with Gasteiger partial charge >= 0.3 is 11.9 Å². The van der Waals surface area contributed by atoms with Crippen LogP contribution in [0.3, 0.4) is 0 Å². The van der Waals surface area contributed by atoms with E-state index in [-0.39, 0.29) is 11.4 Å². The van der Waals surface area contributed by atoms with Crippen molar-refractivity contribution in [3.05, 3.63) is 82.8 Å². The average molecular weight is 428 g/mol. The molecule has 0 atom stereocenters. The summed E-state index contributed by atoms with van der Waals surface area (Å²) in [6.07, 6.45) is 0. The highest BCUT2D eigenvalue weighted by molar-refractivity contribution is 5.96. The van der Waals surface area contributed by atoms with Crippen molar-refractivity contribution in [2.75, 3.05) is 12.4 Å². The molecule has 2 heterocycles. The summed E-state index contributed by atoms with van der Waals surface area (Å²) in [7, 11) is 1.48. The van der Waals surface area contributed by atoms with Gasteiger partial charge in [-0.05, 0) is 55.8 Å². The number of furan rings is 1. The average Bonchev–Trinajstić information content (AvgIpc) is 3.38. The first-order valence-corrected chi connectivity index (χ1v) is 9.74. The standard InChI is InChI=1S/C24H20N4O4/c1-14-7-5-6-8-19(14)28-23(22(15(2)27-28)20-11-12-21(25-3)32-20)26-18-10-9-16(31-4)13-17(18)24(29)30/h5-13,26H,1-2,4H3,(H,29,30). The van der Waals surface area contributed by atoms with Gasteiger partial charge in [-0.3, -0.25) is 0 Å². The number of carboxylic acids is 1. The number of methoxy groups -OCH3 is 1. The maximum absolute atomic E-state index is 11.9. The summed E-state index contributed by atoms with van der Waals surface area (Å²) in [5, 5.41) is 17.7. The van der Waals surface area contributed by atoms with Crippen LogP contribution in [0.4, 0.5) is 17.4 Å². The summed E-state index contributed by atoms with van der Waals surface area (Å²) in [6, 6.07) is 15.8. The van der Waals surface area contributed by atoms with Crippen molar-refractivity contribution in [1.29, 1.82) is 0 Å². The van der Waals surface area contributed by atoms with E-state index in [1.165, 1.54) is 13.2 Å². The van der Waals surface area contributed by atoms with Crippen LogP contribution in [0.2, 0.25) is 0 Å². The van der Waals surface area contributed by atoms with Crippen LogP contribution in [0.15, 0.2) is 59.0 Å². The third-order valence-electron chi connectivity index (χ3n) is 5.06. The van der Waals surface area contributed by atoms with Crippen molar-refractivity contribution in [2.24, 2.45) is 0 Å². The van der Waals surface area contributed by atoms with Crippen LogP contribution in [0.5, 0.6) is 5.75 Å². The number of para-hydroxylation sites is 1. The van der Waals surface area contributed by atoms with E-state index in [9.17, 15) is 9.90 Å². The predicted octanol–water partition coefficient (Wildman–Crippen LogP) is 5.75. The molecule has 0 fully saturated rings. The molecule has 0 unspecified atom stereocenters. The van der Waals surface area contributed by atoms with Crippen LogP contribution in [-0.4, -0.2) is 28.0 Å². The number of hydrogen-bond donors (Lipinski definition) is 2. The number of ether oxygens (including phenoxy) is 1. The fourth-order valence-corrected chi connectivity index (χ4v) is 3.50. The van der Waals surface area contributed by atoms with Crippen LogP contribution in [0.25, 0.3) is 21.9 Å². The normalized spacial score (nSPS) is 10.6. The van der Waals surface area contributed by atoms with E-state index in [0.29, 0.717) is 34.3 Å². The van der Waals surface area contributed by atoms with Crippen LogP contribution in [-0.2, 0) is 0 Å². The molecule has 2 N–H and O–H groups in total. The first-order chi connectivity index (χ1) is 15.4. The lowest BCUT2D eigenvalue weighted by atomic mass is 10.1. The second kappa shape index (κ2) is 8.32. The number of hydrogen-bond acceptors (Lipinski definition) is 5. The summed E-state index contributed by atoms with van der Waals surface area (Å²) in [5.41, 5.74) is 3.52. The van der Waals surface area contributed by atoms with Gasteiger partial charge < -0.3 is 19.6 Å². The van der Waals surface area contributed by atoms with Crippen molar-refractivity contribution in [3.63, 3.8) is 0 Å². The van der Waals surface area contributed by atoms with Gasteiger partial charge in [0.05, 0.1) is 41.9 Å². The number of benzene rings is 2. The number of rotatable bonds is 6. The van der Waals surface area contributed by atoms with Crippen molar-refractivity contribution in [2.45, 2.75) is 13.8 Å². The van der Waals surface area contributed by atoms with Crippen molar-refractivity contribution in [1.82, 2.24) is 9.78 Å². The summed E-state index contributed by atoms with van der Waals surface area (Å²) in [6.45, 7) is 11.0. The minimum absolute atomic E-state index is 0.0479. The smallest absolute Gasteiger partial charge is 0.346 e. The highest BCUT2D eigenvalue weighted by atomic mass is 16.5. The Balaban J connectivity index is 1.95. The zero-order valence-corrected chi connectivity index (χ0v) is 17.7. The molecule has 32 heavy (non-hydrogen) atoms. The molecule has 4 aromatic rings. The van der Waals surface area contributed by atoms with Crippen molar-refractivity contribution < 1.29 is 19.1 Å². The maximum Gasteiger partial charge on any atom is 0.346 e. The molecule has 2 aromatic carbocycles. The molecule has 0 aliphatic carbocycles. The van der Waals surface area contributed by atoms with E-state index in [1.54, 1.807) is 28.9 Å². The highest BCUT2D eigenvalue weighted by Gasteiger charge is 2.23. The molecule has 4 rings (SSSR count). The highest BCUT2D eigenvalue weighted by Crippen LogP contribution is 2.39. The van der Waals surface area contributed by atoms with E-state index >= 15 is 0 Å². The van der Waals surface area contributed by atoms with E-state index < -0.39 is 5.97 Å². The summed E-state index contributed by atoms with van der Waals surface area (Å²) < 4.78 is 12.6. The lowest BCUT2D eigenvalue weighted by Gasteiger charge is -2.15. The summed E-state index contributed by atoms with van der Waals surface area (Å²) >= 11 is 0. The Morgan fingerprint density at radius 1 is 1.19 bits per heavy atom. The third kappa shape index (κ3) is 3.68. The molecule has 8 heteroatoms. The second-order valence-corrected chi connectivity index (χ2v) is 7.10. The van der Waals surface area contributed by atoms with Gasteiger partial charge in [0.15, 0.2) is 0 Å². The van der Waals surface area contributed by atoms with Crippen LogP contribution < -0.4 is 10.1 Å². The maximum atomic E-state index is 11.9. The van der Waals surface area contributed by atoms with Gasteiger partial charge in [-0.1, -0.05) is 18.2 Å². The largest absolute Gasteiger partial charge is 0.497 e. The quantitative estimate of drug-likeness (QED) is 0.380. The number of carboxylic acid groups (broad SMARTS) is 1. The minimum Gasteiger partial charge on any atom is -0.497 e. The second-order valence-electron chi connectivity index (χ2n) is 7.10.